The van der Waals surface area contributed by atoms with E-state index in [4.69, 9.17) is 4.74 Å². The summed E-state index contributed by atoms with van der Waals surface area (Å²) in [7, 11) is 1.62. The van der Waals surface area contributed by atoms with Crippen LogP contribution in [-0.4, -0.2) is 34.5 Å². The second-order valence-corrected chi connectivity index (χ2v) is 9.56. The smallest absolute Gasteiger partial charge is 0.242 e. The van der Waals surface area contributed by atoms with Gasteiger partial charge in [-0.15, -0.1) is 5.10 Å². The second-order valence-electron chi connectivity index (χ2n) is 7.47. The zero-order valence-corrected chi connectivity index (χ0v) is 20.4. The molecule has 5 nitrogen and oxygen atoms in total. The summed E-state index contributed by atoms with van der Waals surface area (Å²) in [6, 6.07) is 20.1. The van der Waals surface area contributed by atoms with Crippen molar-refractivity contribution >= 4 is 55.8 Å². The Morgan fingerprint density at radius 2 is 1.97 bits per heavy atom. The van der Waals surface area contributed by atoms with Gasteiger partial charge in [-0.3, -0.25) is 9.69 Å². The molecule has 32 heavy (non-hydrogen) atoms. The van der Waals surface area contributed by atoms with E-state index in [1.54, 1.807) is 18.2 Å². The number of halogens is 1. The Morgan fingerprint density at radius 3 is 2.78 bits per heavy atom. The summed E-state index contributed by atoms with van der Waals surface area (Å²) in [6.45, 7) is 2.57. The summed E-state index contributed by atoms with van der Waals surface area (Å²) in [5.74, 6) is 0.808. The van der Waals surface area contributed by atoms with Crippen LogP contribution in [0.4, 0.5) is 0 Å². The molecule has 1 aliphatic rings. The molecule has 1 heterocycles. The predicted molar refractivity (Wildman–Crippen MR) is 137 cm³/mol. The molecule has 1 fully saturated rings. The molecular formula is C25H24BrN3O2S. The van der Waals surface area contributed by atoms with Crippen LogP contribution in [0, 0.1) is 0 Å². The Labute approximate surface area is 200 Å². The van der Waals surface area contributed by atoms with Gasteiger partial charge in [0.2, 0.25) is 5.91 Å². The molecule has 0 saturated carbocycles. The van der Waals surface area contributed by atoms with E-state index in [-0.39, 0.29) is 11.2 Å². The molecule has 0 spiro atoms. The monoisotopic (exact) mass is 509 g/mol. The van der Waals surface area contributed by atoms with Gasteiger partial charge in [0.1, 0.15) is 5.75 Å². The summed E-state index contributed by atoms with van der Waals surface area (Å²) < 4.78 is 6.33. The Bertz CT molecular complexity index is 1190. The van der Waals surface area contributed by atoms with E-state index in [0.717, 1.165) is 39.2 Å². The number of ether oxygens (including phenoxy) is 1. The molecule has 0 aliphatic carbocycles. The first-order chi connectivity index (χ1) is 15.6. The molecule has 0 bridgehead atoms. The number of thioether (sulfide) groups is 1. The summed E-state index contributed by atoms with van der Waals surface area (Å²) in [5.41, 5.74) is 1.91. The van der Waals surface area contributed by atoms with Crippen molar-refractivity contribution < 1.29 is 9.53 Å². The Balaban J connectivity index is 1.64. The fraction of sp³-hybridized carbons (Fsp3) is 0.240. The normalized spacial score (nSPS) is 17.7. The fourth-order valence-electron chi connectivity index (χ4n) is 3.72. The number of hydrogen-bond donors (Lipinski definition) is 0. The summed E-state index contributed by atoms with van der Waals surface area (Å²) >= 11 is 4.97. The Kier molecular flexibility index (Phi) is 7.27. The third kappa shape index (κ3) is 4.89. The molecule has 1 saturated heterocycles. The van der Waals surface area contributed by atoms with Crippen LogP contribution >= 0.6 is 27.7 Å². The molecule has 164 valence electrons. The zero-order valence-electron chi connectivity index (χ0n) is 18.0. The van der Waals surface area contributed by atoms with Gasteiger partial charge in [-0.2, -0.15) is 5.10 Å². The number of carbonyl (C=O) groups is 1. The minimum absolute atomic E-state index is 0.0961. The molecule has 1 aliphatic heterocycles. The lowest BCUT2D eigenvalue weighted by Crippen LogP contribution is -2.31. The Morgan fingerprint density at radius 1 is 1.16 bits per heavy atom. The lowest BCUT2D eigenvalue weighted by molar-refractivity contribution is -0.126. The van der Waals surface area contributed by atoms with Crippen LogP contribution in [-0.2, 0) is 11.3 Å². The first-order valence-electron chi connectivity index (χ1n) is 10.5. The van der Waals surface area contributed by atoms with Crippen LogP contribution in [0.15, 0.2) is 75.3 Å². The van der Waals surface area contributed by atoms with Crippen molar-refractivity contribution in [3.63, 3.8) is 0 Å². The van der Waals surface area contributed by atoms with Crippen LogP contribution in [0.1, 0.15) is 30.9 Å². The molecule has 0 unspecified atom stereocenters. The number of amides is 1. The average molecular weight is 510 g/mol. The maximum absolute atomic E-state index is 13.2. The van der Waals surface area contributed by atoms with E-state index in [0.29, 0.717) is 17.5 Å². The number of amidine groups is 1. The predicted octanol–water partition coefficient (Wildman–Crippen LogP) is 6.25. The second kappa shape index (κ2) is 10.3. The van der Waals surface area contributed by atoms with Crippen molar-refractivity contribution in [3.8, 4) is 5.75 Å². The topological polar surface area (TPSA) is 54.3 Å². The molecule has 1 amide bonds. The average Bonchev–Trinajstić information content (AvgIpc) is 3.09. The largest absolute Gasteiger partial charge is 0.496 e. The van der Waals surface area contributed by atoms with E-state index in [9.17, 15) is 4.79 Å². The van der Waals surface area contributed by atoms with E-state index < -0.39 is 0 Å². The van der Waals surface area contributed by atoms with Gasteiger partial charge in [0, 0.05) is 10.0 Å². The third-order valence-corrected chi connectivity index (χ3v) is 7.04. The van der Waals surface area contributed by atoms with Crippen molar-refractivity contribution in [2.45, 2.75) is 31.6 Å². The lowest BCUT2D eigenvalue weighted by Gasteiger charge is -2.17. The molecule has 7 heteroatoms. The quantitative estimate of drug-likeness (QED) is 0.279. The zero-order chi connectivity index (χ0) is 22.5. The van der Waals surface area contributed by atoms with Gasteiger partial charge in [-0.1, -0.05) is 83.5 Å². The molecule has 0 aromatic heterocycles. The van der Waals surface area contributed by atoms with Gasteiger partial charge in [-0.25, -0.2) is 0 Å². The van der Waals surface area contributed by atoms with Crippen molar-refractivity contribution in [1.29, 1.82) is 0 Å². The highest BCUT2D eigenvalue weighted by Gasteiger charge is 2.37. The first-order valence-corrected chi connectivity index (χ1v) is 12.2. The number of nitrogens with zero attached hydrogens (tertiary/aromatic N) is 3. The van der Waals surface area contributed by atoms with Crippen molar-refractivity contribution in [2.75, 3.05) is 7.11 Å². The highest BCUT2D eigenvalue weighted by atomic mass is 79.9. The van der Waals surface area contributed by atoms with Crippen molar-refractivity contribution in [3.05, 3.63) is 76.3 Å². The van der Waals surface area contributed by atoms with Gasteiger partial charge < -0.3 is 4.74 Å². The molecule has 3 aromatic carbocycles. The summed E-state index contributed by atoms with van der Waals surface area (Å²) in [6.07, 6.45) is 3.42. The van der Waals surface area contributed by atoms with Gasteiger partial charge in [0.25, 0.3) is 0 Å². The van der Waals surface area contributed by atoms with E-state index in [1.807, 2.05) is 36.4 Å². The Hall–Kier alpha value is -2.64. The van der Waals surface area contributed by atoms with Crippen molar-refractivity contribution in [1.82, 2.24) is 4.90 Å². The minimum atomic E-state index is -0.121. The van der Waals surface area contributed by atoms with Gasteiger partial charge in [-0.05, 0) is 41.0 Å². The molecular weight excluding hydrogens is 486 g/mol. The lowest BCUT2D eigenvalue weighted by atomic mass is 10.0. The third-order valence-electron chi connectivity index (χ3n) is 5.31. The number of fused-ring (bicyclic) bond motifs is 1. The molecule has 1 atom stereocenters. The summed E-state index contributed by atoms with van der Waals surface area (Å²) in [4.78, 5) is 14.9. The van der Waals surface area contributed by atoms with Crippen LogP contribution < -0.4 is 4.74 Å². The van der Waals surface area contributed by atoms with Gasteiger partial charge in [0.05, 0.1) is 25.1 Å². The van der Waals surface area contributed by atoms with Crippen molar-refractivity contribution in [2.24, 2.45) is 10.2 Å². The number of carbonyl (C=O) groups excluding carboxylic acids is 1. The van der Waals surface area contributed by atoms with Crippen LogP contribution in [0.3, 0.4) is 0 Å². The molecule has 4 rings (SSSR count). The minimum Gasteiger partial charge on any atom is -0.496 e. The number of hydrogen-bond acceptors (Lipinski definition) is 5. The number of rotatable bonds is 7. The van der Waals surface area contributed by atoms with Crippen LogP contribution in [0.2, 0.25) is 0 Å². The highest BCUT2D eigenvalue weighted by Crippen LogP contribution is 2.33. The number of benzene rings is 3. The molecule has 0 radical (unpaired) electrons. The fourth-order valence-corrected chi connectivity index (χ4v) is 5.32. The van der Waals surface area contributed by atoms with E-state index >= 15 is 0 Å². The SMILES string of the molecule is CCC[C@H]1S/C(=N/N=C\c2cc(Br)ccc2OC)N(Cc2cccc3ccccc23)C1=O. The number of methoxy groups -OCH3 is 1. The van der Waals surface area contributed by atoms with E-state index in [2.05, 4.69) is 57.3 Å². The molecule has 0 N–H and O–H groups in total. The maximum atomic E-state index is 13.2. The highest BCUT2D eigenvalue weighted by molar-refractivity contribution is 9.10. The van der Waals surface area contributed by atoms with Crippen LogP contribution in [0.25, 0.3) is 10.8 Å². The van der Waals surface area contributed by atoms with Gasteiger partial charge >= 0.3 is 0 Å². The maximum Gasteiger partial charge on any atom is 0.242 e. The van der Waals surface area contributed by atoms with Gasteiger partial charge in [0.15, 0.2) is 5.17 Å². The summed E-state index contributed by atoms with van der Waals surface area (Å²) in [5, 5.41) is 11.6. The van der Waals surface area contributed by atoms with Crippen LogP contribution in [0.5, 0.6) is 5.75 Å². The van der Waals surface area contributed by atoms with E-state index in [1.165, 1.54) is 11.8 Å². The first kappa shape index (κ1) is 22.6. The molecule has 3 aromatic rings. The standard InChI is InChI=1S/C25H24BrN3O2S/c1-3-7-23-24(30)29(16-18-10-6-9-17-8-4-5-11-21(17)18)25(32-23)28-27-15-19-14-20(26)12-13-22(19)31-2/h4-6,8-15,23H,3,7,16H2,1-2H3/b27-15-,28-25+/t23-/m1/s1.